The fraction of sp³-hybridized carbons (Fsp3) is 0.625. The van der Waals surface area contributed by atoms with Gasteiger partial charge in [-0.3, -0.25) is 0 Å². The predicted octanol–water partition coefficient (Wildman–Crippen LogP) is 1.92. The number of rotatable bonds is 3. The predicted molar refractivity (Wildman–Crippen MR) is 83.6 cm³/mol. The van der Waals surface area contributed by atoms with Crippen LogP contribution in [0.15, 0.2) is 23.1 Å². The zero-order chi connectivity index (χ0) is 15.0. The van der Waals surface area contributed by atoms with E-state index in [9.17, 15) is 8.42 Å². The summed E-state index contributed by atoms with van der Waals surface area (Å²) in [6.45, 7) is 3.11. The van der Waals surface area contributed by atoms with Crippen molar-refractivity contribution >= 4 is 10.0 Å². The fourth-order valence-corrected chi connectivity index (χ4v) is 5.31. The minimum absolute atomic E-state index is 0.0612. The van der Waals surface area contributed by atoms with E-state index in [2.05, 4.69) is 0 Å². The lowest BCUT2D eigenvalue weighted by molar-refractivity contribution is 0.211. The smallest absolute Gasteiger partial charge is 0.243 e. The standard InChI is InChI=1S/C16H24N2O2S/c1-12-5-6-13(10-17)11-18(12)21(19,20)16-8-7-14-3-2-4-15(14)9-16/h7-9,12-13H,2-6,10-11,17H2,1H3. The molecule has 1 aromatic carbocycles. The van der Waals surface area contributed by atoms with Crippen LogP contribution in [0.2, 0.25) is 0 Å². The van der Waals surface area contributed by atoms with Gasteiger partial charge in [-0.1, -0.05) is 6.07 Å². The van der Waals surface area contributed by atoms with Crippen LogP contribution in [-0.4, -0.2) is 31.9 Å². The van der Waals surface area contributed by atoms with Crippen molar-refractivity contribution in [3.8, 4) is 0 Å². The van der Waals surface area contributed by atoms with Gasteiger partial charge in [0.25, 0.3) is 0 Å². The summed E-state index contributed by atoms with van der Waals surface area (Å²) < 4.78 is 27.5. The lowest BCUT2D eigenvalue weighted by Crippen LogP contribution is -2.47. The van der Waals surface area contributed by atoms with Gasteiger partial charge in [0.15, 0.2) is 0 Å². The number of aryl methyl sites for hydroxylation is 2. The third kappa shape index (κ3) is 2.74. The Morgan fingerprint density at radius 2 is 2.00 bits per heavy atom. The Hall–Kier alpha value is -0.910. The zero-order valence-electron chi connectivity index (χ0n) is 12.6. The molecule has 5 heteroatoms. The highest BCUT2D eigenvalue weighted by atomic mass is 32.2. The summed E-state index contributed by atoms with van der Waals surface area (Å²) in [5, 5.41) is 0. The van der Waals surface area contributed by atoms with Crippen molar-refractivity contribution in [1.82, 2.24) is 4.31 Å². The Morgan fingerprint density at radius 3 is 2.76 bits per heavy atom. The van der Waals surface area contributed by atoms with Gasteiger partial charge < -0.3 is 5.73 Å². The normalized spacial score (nSPS) is 26.8. The molecule has 116 valence electrons. The van der Waals surface area contributed by atoms with Crippen molar-refractivity contribution in [2.75, 3.05) is 13.1 Å². The van der Waals surface area contributed by atoms with E-state index in [4.69, 9.17) is 5.73 Å². The highest BCUT2D eigenvalue weighted by molar-refractivity contribution is 7.89. The van der Waals surface area contributed by atoms with Gasteiger partial charge in [0.1, 0.15) is 0 Å². The second kappa shape index (κ2) is 5.71. The minimum Gasteiger partial charge on any atom is -0.330 e. The molecular formula is C16H24N2O2S. The van der Waals surface area contributed by atoms with Crippen molar-refractivity contribution in [1.29, 1.82) is 0 Å². The van der Waals surface area contributed by atoms with Crippen LogP contribution < -0.4 is 5.73 Å². The van der Waals surface area contributed by atoms with Crippen LogP contribution in [0.3, 0.4) is 0 Å². The summed E-state index contributed by atoms with van der Waals surface area (Å²) in [7, 11) is -3.40. The first-order valence-electron chi connectivity index (χ1n) is 7.86. The maximum absolute atomic E-state index is 12.9. The van der Waals surface area contributed by atoms with Gasteiger partial charge in [-0.15, -0.1) is 0 Å². The van der Waals surface area contributed by atoms with Gasteiger partial charge >= 0.3 is 0 Å². The van der Waals surface area contributed by atoms with Crippen LogP contribution in [0.4, 0.5) is 0 Å². The van der Waals surface area contributed by atoms with Gasteiger partial charge in [-0.25, -0.2) is 8.42 Å². The molecule has 2 N–H and O–H groups in total. The molecular weight excluding hydrogens is 284 g/mol. The number of nitrogens with zero attached hydrogens (tertiary/aromatic N) is 1. The maximum Gasteiger partial charge on any atom is 0.243 e. The Bertz CT molecular complexity index is 627. The second-order valence-electron chi connectivity index (χ2n) is 6.39. The van der Waals surface area contributed by atoms with Crippen molar-refractivity contribution in [3.05, 3.63) is 29.3 Å². The average molecular weight is 308 g/mol. The molecule has 0 radical (unpaired) electrons. The lowest BCUT2D eigenvalue weighted by Gasteiger charge is -2.36. The highest BCUT2D eigenvalue weighted by Gasteiger charge is 2.34. The molecule has 3 rings (SSSR count). The van der Waals surface area contributed by atoms with Crippen molar-refractivity contribution < 1.29 is 8.42 Å². The molecule has 0 amide bonds. The molecule has 2 unspecified atom stereocenters. The topological polar surface area (TPSA) is 63.4 Å². The van der Waals surface area contributed by atoms with Crippen LogP contribution in [0, 0.1) is 5.92 Å². The van der Waals surface area contributed by atoms with Crippen LogP contribution in [-0.2, 0) is 22.9 Å². The lowest BCUT2D eigenvalue weighted by atomic mass is 9.96. The summed E-state index contributed by atoms with van der Waals surface area (Å²) in [4.78, 5) is 0.452. The van der Waals surface area contributed by atoms with E-state index in [1.807, 2.05) is 19.1 Å². The number of sulfonamides is 1. The second-order valence-corrected chi connectivity index (χ2v) is 8.28. The molecule has 1 aliphatic carbocycles. The summed E-state index contributed by atoms with van der Waals surface area (Å²) in [5.74, 6) is 0.283. The first-order chi connectivity index (χ1) is 10.0. The van der Waals surface area contributed by atoms with Crippen LogP contribution in [0.5, 0.6) is 0 Å². The van der Waals surface area contributed by atoms with E-state index in [1.165, 1.54) is 11.1 Å². The molecule has 0 bridgehead atoms. The Morgan fingerprint density at radius 1 is 1.24 bits per heavy atom. The Kier molecular flexibility index (Phi) is 4.08. The molecule has 2 aliphatic rings. The van der Waals surface area contributed by atoms with Gasteiger partial charge in [-0.05, 0) is 74.8 Å². The van der Waals surface area contributed by atoms with E-state index < -0.39 is 10.0 Å². The molecule has 0 saturated carbocycles. The first-order valence-corrected chi connectivity index (χ1v) is 9.30. The van der Waals surface area contributed by atoms with E-state index >= 15 is 0 Å². The first kappa shape index (κ1) is 15.0. The van der Waals surface area contributed by atoms with Crippen molar-refractivity contribution in [2.45, 2.75) is 50.0 Å². The molecule has 21 heavy (non-hydrogen) atoms. The molecule has 1 fully saturated rings. The summed E-state index contributed by atoms with van der Waals surface area (Å²) in [6, 6.07) is 5.71. The number of piperidine rings is 1. The maximum atomic E-state index is 12.9. The number of hydrogen-bond acceptors (Lipinski definition) is 3. The number of fused-ring (bicyclic) bond motifs is 1. The zero-order valence-corrected chi connectivity index (χ0v) is 13.4. The molecule has 1 saturated heterocycles. The van der Waals surface area contributed by atoms with Gasteiger partial charge in [0.05, 0.1) is 4.90 Å². The minimum atomic E-state index is -3.40. The Balaban J connectivity index is 1.92. The van der Waals surface area contributed by atoms with Crippen molar-refractivity contribution in [3.63, 3.8) is 0 Å². The molecule has 2 atom stereocenters. The van der Waals surface area contributed by atoms with E-state index in [-0.39, 0.29) is 12.0 Å². The van der Waals surface area contributed by atoms with Gasteiger partial charge in [0, 0.05) is 12.6 Å². The SMILES string of the molecule is CC1CCC(CN)CN1S(=O)(=O)c1ccc2c(c1)CCC2. The summed E-state index contributed by atoms with van der Waals surface area (Å²) in [5.41, 5.74) is 8.26. The monoisotopic (exact) mass is 308 g/mol. The fourth-order valence-electron chi connectivity index (χ4n) is 3.52. The third-order valence-electron chi connectivity index (χ3n) is 4.93. The van der Waals surface area contributed by atoms with E-state index in [1.54, 1.807) is 10.4 Å². The number of benzene rings is 1. The summed E-state index contributed by atoms with van der Waals surface area (Å²) >= 11 is 0. The largest absolute Gasteiger partial charge is 0.330 e. The van der Waals surface area contributed by atoms with Crippen LogP contribution in [0.25, 0.3) is 0 Å². The molecule has 1 aliphatic heterocycles. The molecule has 0 aromatic heterocycles. The molecule has 1 heterocycles. The third-order valence-corrected chi connectivity index (χ3v) is 6.91. The van der Waals surface area contributed by atoms with E-state index in [0.717, 1.165) is 32.1 Å². The Labute approximate surface area is 127 Å². The molecule has 0 spiro atoms. The van der Waals surface area contributed by atoms with Gasteiger partial charge in [0.2, 0.25) is 10.0 Å². The van der Waals surface area contributed by atoms with Gasteiger partial charge in [-0.2, -0.15) is 4.31 Å². The van der Waals surface area contributed by atoms with Crippen LogP contribution in [0.1, 0.15) is 37.3 Å². The number of hydrogen-bond donors (Lipinski definition) is 1. The number of nitrogens with two attached hydrogens (primary N) is 1. The van der Waals surface area contributed by atoms with Crippen molar-refractivity contribution in [2.24, 2.45) is 11.7 Å². The average Bonchev–Trinajstić information content (AvgIpc) is 2.95. The van der Waals surface area contributed by atoms with E-state index in [0.29, 0.717) is 18.0 Å². The highest BCUT2D eigenvalue weighted by Crippen LogP contribution is 2.30. The quantitative estimate of drug-likeness (QED) is 0.928. The summed E-state index contributed by atoms with van der Waals surface area (Å²) in [6.07, 6.45) is 5.12. The van der Waals surface area contributed by atoms with Crippen LogP contribution >= 0.6 is 0 Å². The molecule has 4 nitrogen and oxygen atoms in total. The molecule has 1 aromatic rings.